The van der Waals surface area contributed by atoms with Crippen molar-refractivity contribution in [1.29, 1.82) is 0 Å². The van der Waals surface area contributed by atoms with Crippen LogP contribution in [0.15, 0.2) is 23.8 Å². The highest BCUT2D eigenvalue weighted by Crippen LogP contribution is 2.10. The van der Waals surface area contributed by atoms with Gasteiger partial charge >= 0.3 is 0 Å². The molecule has 0 aromatic rings. The summed E-state index contributed by atoms with van der Waals surface area (Å²) in [4.78, 5) is 0. The zero-order valence-corrected chi connectivity index (χ0v) is 11.6. The van der Waals surface area contributed by atoms with Gasteiger partial charge in [-0.3, -0.25) is 0 Å². The maximum atomic E-state index is 2.31. The zero-order valence-electron chi connectivity index (χ0n) is 11.6. The zero-order chi connectivity index (χ0) is 12.1. The van der Waals surface area contributed by atoms with Gasteiger partial charge in [-0.2, -0.15) is 0 Å². The first-order chi connectivity index (χ1) is 7.81. The minimum absolute atomic E-state index is 1.25. The van der Waals surface area contributed by atoms with Crippen LogP contribution >= 0.6 is 0 Å². The van der Waals surface area contributed by atoms with E-state index in [1.165, 1.54) is 63.4 Å². The topological polar surface area (TPSA) is 0 Å². The van der Waals surface area contributed by atoms with E-state index in [1.807, 2.05) is 0 Å². The third kappa shape index (κ3) is 11.6. The van der Waals surface area contributed by atoms with Crippen LogP contribution in [-0.4, -0.2) is 0 Å². The van der Waals surface area contributed by atoms with Crippen molar-refractivity contribution in [3.8, 4) is 0 Å². The van der Waals surface area contributed by atoms with Crippen molar-refractivity contribution in [3.63, 3.8) is 0 Å². The highest BCUT2D eigenvalue weighted by Gasteiger charge is 1.90. The Morgan fingerprint density at radius 3 is 2.00 bits per heavy atom. The fourth-order valence-electron chi connectivity index (χ4n) is 1.76. The summed E-state index contributed by atoms with van der Waals surface area (Å²) in [6.07, 6.45) is 19.3. The van der Waals surface area contributed by atoms with Gasteiger partial charge in [0.05, 0.1) is 0 Å². The molecule has 0 saturated carbocycles. The van der Waals surface area contributed by atoms with Gasteiger partial charge in [0.2, 0.25) is 0 Å². The summed E-state index contributed by atoms with van der Waals surface area (Å²) in [7, 11) is 0. The summed E-state index contributed by atoms with van der Waals surface area (Å²) in [6.45, 7) is 6.53. The van der Waals surface area contributed by atoms with Crippen molar-refractivity contribution in [2.24, 2.45) is 0 Å². The van der Waals surface area contributed by atoms with Crippen LogP contribution in [0.5, 0.6) is 0 Å². The average Bonchev–Trinajstić information content (AvgIpc) is 2.31. The van der Waals surface area contributed by atoms with Crippen LogP contribution in [0, 0.1) is 0 Å². The van der Waals surface area contributed by atoms with E-state index in [1.54, 1.807) is 0 Å². The van der Waals surface area contributed by atoms with Crippen LogP contribution in [0.1, 0.15) is 78.6 Å². The average molecular weight is 222 g/mol. The molecule has 0 spiro atoms. The van der Waals surface area contributed by atoms with E-state index in [-0.39, 0.29) is 0 Å². The van der Waals surface area contributed by atoms with E-state index in [2.05, 4.69) is 39.0 Å². The molecule has 16 heavy (non-hydrogen) atoms. The van der Waals surface area contributed by atoms with E-state index < -0.39 is 0 Å². The van der Waals surface area contributed by atoms with Crippen LogP contribution < -0.4 is 0 Å². The molecular weight excluding hydrogens is 192 g/mol. The number of hydrogen-bond donors (Lipinski definition) is 0. The predicted octanol–water partition coefficient (Wildman–Crippen LogP) is 6.04. The van der Waals surface area contributed by atoms with Gasteiger partial charge in [-0.25, -0.2) is 0 Å². The fourth-order valence-corrected chi connectivity index (χ4v) is 1.76. The molecule has 0 rings (SSSR count). The molecule has 0 aromatic heterocycles. The van der Waals surface area contributed by atoms with Gasteiger partial charge < -0.3 is 0 Å². The van der Waals surface area contributed by atoms with Crippen LogP contribution in [0.3, 0.4) is 0 Å². The number of unbranched alkanes of at least 4 members (excludes halogenated alkanes) is 8. The van der Waals surface area contributed by atoms with Gasteiger partial charge in [0.15, 0.2) is 0 Å². The smallest absolute Gasteiger partial charge is 0.0348 e. The van der Waals surface area contributed by atoms with Crippen molar-refractivity contribution in [2.45, 2.75) is 78.6 Å². The van der Waals surface area contributed by atoms with E-state index in [0.29, 0.717) is 0 Å². The maximum absolute atomic E-state index is 2.31. The second-order valence-electron chi connectivity index (χ2n) is 4.70. The Morgan fingerprint density at radius 1 is 0.875 bits per heavy atom. The second kappa shape index (κ2) is 12.5. The van der Waals surface area contributed by atoms with Gasteiger partial charge in [0.1, 0.15) is 0 Å². The van der Waals surface area contributed by atoms with Crippen LogP contribution in [-0.2, 0) is 0 Å². The molecule has 94 valence electrons. The molecule has 0 aliphatic rings. The molecule has 0 fully saturated rings. The molecule has 0 aliphatic carbocycles. The van der Waals surface area contributed by atoms with Gasteiger partial charge in [-0.05, 0) is 26.7 Å². The molecule has 0 atom stereocenters. The van der Waals surface area contributed by atoms with E-state index in [9.17, 15) is 0 Å². The first kappa shape index (κ1) is 15.5. The summed E-state index contributed by atoms with van der Waals surface area (Å²) in [5, 5.41) is 0. The Bertz CT molecular complexity index is 186. The number of hydrogen-bond acceptors (Lipinski definition) is 0. The minimum Gasteiger partial charge on any atom is -0.0847 e. The van der Waals surface area contributed by atoms with Crippen molar-refractivity contribution in [3.05, 3.63) is 23.8 Å². The van der Waals surface area contributed by atoms with Gasteiger partial charge in [-0.1, -0.05) is 75.7 Å². The Morgan fingerprint density at radius 2 is 1.44 bits per heavy atom. The first-order valence-electron chi connectivity index (χ1n) is 7.10. The van der Waals surface area contributed by atoms with E-state index in [4.69, 9.17) is 0 Å². The summed E-state index contributed by atoms with van der Waals surface area (Å²) < 4.78 is 0. The first-order valence-corrected chi connectivity index (χ1v) is 7.10. The Labute approximate surface area is 103 Å². The summed E-state index contributed by atoms with van der Waals surface area (Å²) in [5.74, 6) is 0. The standard InChI is InChI=1S/C16H30/c1-4-6-7-8-9-10-11-12-13-14-15-16(3)5-2/h5,14-15H,4,6-13H2,1-3H3/b15-14+,16-5?. The van der Waals surface area contributed by atoms with Gasteiger partial charge in [0.25, 0.3) is 0 Å². The SMILES string of the molecule is CC=C(C)/C=C/CCCCCCCCCC. The van der Waals surface area contributed by atoms with Crippen molar-refractivity contribution in [1.82, 2.24) is 0 Å². The third-order valence-corrected chi connectivity index (χ3v) is 3.06. The molecule has 0 radical (unpaired) electrons. The van der Waals surface area contributed by atoms with Crippen LogP contribution in [0.25, 0.3) is 0 Å². The Balaban J connectivity index is 3.13. The van der Waals surface area contributed by atoms with Gasteiger partial charge in [-0.15, -0.1) is 0 Å². The highest BCUT2D eigenvalue weighted by molar-refractivity contribution is 5.14. The van der Waals surface area contributed by atoms with Crippen LogP contribution in [0.2, 0.25) is 0 Å². The molecule has 0 heterocycles. The summed E-state index contributed by atoms with van der Waals surface area (Å²) in [6, 6.07) is 0. The molecule has 0 nitrogen and oxygen atoms in total. The molecule has 0 saturated heterocycles. The highest BCUT2D eigenvalue weighted by atomic mass is 14.0. The van der Waals surface area contributed by atoms with E-state index >= 15 is 0 Å². The molecule has 0 aromatic carbocycles. The lowest BCUT2D eigenvalue weighted by molar-refractivity contribution is 0.577. The largest absolute Gasteiger partial charge is 0.0847 e. The molecule has 0 N–H and O–H groups in total. The normalized spacial score (nSPS) is 12.6. The quantitative estimate of drug-likeness (QED) is 0.312. The van der Waals surface area contributed by atoms with Crippen LogP contribution in [0.4, 0.5) is 0 Å². The lowest BCUT2D eigenvalue weighted by Crippen LogP contribution is -1.80. The van der Waals surface area contributed by atoms with E-state index in [0.717, 1.165) is 0 Å². The van der Waals surface area contributed by atoms with Gasteiger partial charge in [0, 0.05) is 0 Å². The molecule has 0 heteroatoms. The van der Waals surface area contributed by atoms with Crippen molar-refractivity contribution >= 4 is 0 Å². The Hall–Kier alpha value is -0.520. The predicted molar refractivity (Wildman–Crippen MR) is 75.8 cm³/mol. The molecule has 0 aliphatic heterocycles. The molecule has 0 amide bonds. The Kier molecular flexibility index (Phi) is 12.1. The fraction of sp³-hybridized carbons (Fsp3) is 0.750. The molecule has 0 bridgehead atoms. The minimum atomic E-state index is 1.25. The second-order valence-corrected chi connectivity index (χ2v) is 4.70. The lowest BCUT2D eigenvalue weighted by atomic mass is 10.1. The van der Waals surface area contributed by atoms with Crippen molar-refractivity contribution < 1.29 is 0 Å². The maximum Gasteiger partial charge on any atom is -0.0348 e. The lowest BCUT2D eigenvalue weighted by Gasteiger charge is -1.99. The number of rotatable bonds is 10. The van der Waals surface area contributed by atoms with Crippen molar-refractivity contribution in [2.75, 3.05) is 0 Å². The monoisotopic (exact) mass is 222 g/mol. The molecule has 0 unspecified atom stereocenters. The summed E-state index contributed by atoms with van der Waals surface area (Å²) >= 11 is 0. The number of allylic oxidation sites excluding steroid dienone is 4. The summed E-state index contributed by atoms with van der Waals surface area (Å²) in [5.41, 5.74) is 1.37. The molecular formula is C16H30. The third-order valence-electron chi connectivity index (χ3n) is 3.06.